The molecule has 1 unspecified atom stereocenters. The van der Waals surface area contributed by atoms with E-state index in [4.69, 9.17) is 4.74 Å². The Morgan fingerprint density at radius 3 is 2.67 bits per heavy atom. The van der Waals surface area contributed by atoms with E-state index in [1.807, 2.05) is 54.6 Å². The largest absolute Gasteiger partial charge is 0.455 e. The highest BCUT2D eigenvalue weighted by Gasteiger charge is 2.17. The number of benzene rings is 2. The Bertz CT molecular complexity index is 879. The summed E-state index contributed by atoms with van der Waals surface area (Å²) in [4.78, 5) is 29.4. The molecule has 7 heteroatoms. The molecule has 1 aromatic heterocycles. The van der Waals surface area contributed by atoms with Crippen LogP contribution in [0.25, 0.3) is 10.2 Å². The van der Waals surface area contributed by atoms with Gasteiger partial charge >= 0.3 is 5.97 Å². The van der Waals surface area contributed by atoms with Crippen molar-refractivity contribution in [1.29, 1.82) is 0 Å². The number of hydrogen-bond donors (Lipinski definition) is 1. The lowest BCUT2D eigenvalue weighted by molar-refractivity contribution is -0.147. The lowest BCUT2D eigenvalue weighted by Gasteiger charge is -2.11. The fourth-order valence-corrected chi connectivity index (χ4v) is 4.25. The van der Waals surface area contributed by atoms with Crippen molar-refractivity contribution < 1.29 is 14.3 Å². The molecule has 0 aliphatic rings. The summed E-state index contributed by atoms with van der Waals surface area (Å²) in [6.07, 6.45) is 0.652. The van der Waals surface area contributed by atoms with Gasteiger partial charge in [0.05, 0.1) is 15.2 Å². The number of carbonyl (C=O) groups excluding carboxylic acids is 2. The molecule has 0 saturated heterocycles. The number of nitrogens with one attached hydrogen (secondary N) is 1. The number of rotatable bonds is 8. The van der Waals surface area contributed by atoms with E-state index < -0.39 is 5.97 Å². The van der Waals surface area contributed by atoms with Crippen molar-refractivity contribution in [3.63, 3.8) is 0 Å². The summed E-state index contributed by atoms with van der Waals surface area (Å²) >= 11 is 3.03. The second-order valence-electron chi connectivity index (χ2n) is 5.86. The third kappa shape index (κ3) is 5.80. The van der Waals surface area contributed by atoms with E-state index in [1.165, 1.54) is 11.8 Å². The first-order valence-corrected chi connectivity index (χ1v) is 10.3. The van der Waals surface area contributed by atoms with Crippen molar-refractivity contribution >= 4 is 45.2 Å². The second kappa shape index (κ2) is 9.53. The standard InChI is InChI=1S/C20H20N2O3S2/c1-14(26-15-7-3-2-4-8-15)20(24)25-13-18(23)21-12-11-19-22-16-9-5-6-10-17(16)27-19/h2-10,14H,11-13H2,1H3,(H,21,23). The number of esters is 1. The van der Waals surface area contributed by atoms with Gasteiger partial charge in [0.1, 0.15) is 5.25 Å². The van der Waals surface area contributed by atoms with E-state index in [0.29, 0.717) is 13.0 Å². The first-order valence-electron chi connectivity index (χ1n) is 8.61. The van der Waals surface area contributed by atoms with Gasteiger partial charge in [-0.25, -0.2) is 4.98 Å². The van der Waals surface area contributed by atoms with E-state index >= 15 is 0 Å². The molecular formula is C20H20N2O3S2. The zero-order valence-electron chi connectivity index (χ0n) is 14.9. The van der Waals surface area contributed by atoms with Gasteiger partial charge in [0.25, 0.3) is 5.91 Å². The third-order valence-corrected chi connectivity index (χ3v) is 5.92. The Balaban J connectivity index is 1.37. The third-order valence-electron chi connectivity index (χ3n) is 3.73. The van der Waals surface area contributed by atoms with Crippen LogP contribution in [-0.2, 0) is 20.7 Å². The number of thiazole rings is 1. The SMILES string of the molecule is CC(Sc1ccccc1)C(=O)OCC(=O)NCCc1nc2ccccc2s1. The van der Waals surface area contributed by atoms with Crippen molar-refractivity contribution in [2.24, 2.45) is 0 Å². The topological polar surface area (TPSA) is 68.3 Å². The highest BCUT2D eigenvalue weighted by Crippen LogP contribution is 2.23. The Morgan fingerprint density at radius 2 is 1.89 bits per heavy atom. The summed E-state index contributed by atoms with van der Waals surface area (Å²) in [5.74, 6) is -0.702. The predicted octanol–water partition coefficient (Wildman–Crippen LogP) is 3.68. The second-order valence-corrected chi connectivity index (χ2v) is 8.39. The van der Waals surface area contributed by atoms with E-state index in [2.05, 4.69) is 10.3 Å². The van der Waals surface area contributed by atoms with E-state index in [0.717, 1.165) is 20.1 Å². The van der Waals surface area contributed by atoms with E-state index in [-0.39, 0.29) is 17.8 Å². The average Bonchev–Trinajstić information content (AvgIpc) is 3.09. The molecule has 0 saturated carbocycles. The zero-order chi connectivity index (χ0) is 19.1. The molecule has 3 aromatic rings. The van der Waals surface area contributed by atoms with Crippen molar-refractivity contribution in [2.75, 3.05) is 13.2 Å². The van der Waals surface area contributed by atoms with Crippen LogP contribution in [0.4, 0.5) is 0 Å². The summed E-state index contributed by atoms with van der Waals surface area (Å²) in [5.41, 5.74) is 0.975. The summed E-state index contributed by atoms with van der Waals surface area (Å²) in [5, 5.41) is 3.36. The van der Waals surface area contributed by atoms with Crippen LogP contribution < -0.4 is 5.32 Å². The van der Waals surface area contributed by atoms with Crippen LogP contribution in [0.5, 0.6) is 0 Å². The molecule has 0 bridgehead atoms. The van der Waals surface area contributed by atoms with Gasteiger partial charge < -0.3 is 10.1 Å². The van der Waals surface area contributed by atoms with Gasteiger partial charge in [0, 0.05) is 17.9 Å². The van der Waals surface area contributed by atoms with Crippen LogP contribution in [0.1, 0.15) is 11.9 Å². The molecule has 1 amide bonds. The first-order chi connectivity index (χ1) is 13.1. The lowest BCUT2D eigenvalue weighted by atomic mass is 10.3. The number of nitrogens with zero attached hydrogens (tertiary/aromatic N) is 1. The maximum Gasteiger partial charge on any atom is 0.319 e. The number of thioether (sulfide) groups is 1. The molecule has 1 heterocycles. The molecule has 1 atom stereocenters. The van der Waals surface area contributed by atoms with E-state index in [1.54, 1.807) is 18.3 Å². The maximum absolute atomic E-state index is 12.0. The van der Waals surface area contributed by atoms with Gasteiger partial charge in [-0.15, -0.1) is 23.1 Å². The number of fused-ring (bicyclic) bond motifs is 1. The number of aromatic nitrogens is 1. The molecule has 27 heavy (non-hydrogen) atoms. The van der Waals surface area contributed by atoms with Gasteiger partial charge in [-0.05, 0) is 31.2 Å². The number of carbonyl (C=O) groups is 2. The normalized spacial score (nSPS) is 11.9. The monoisotopic (exact) mass is 400 g/mol. The summed E-state index contributed by atoms with van der Waals surface area (Å²) in [6, 6.07) is 17.6. The Labute approximate surface area is 166 Å². The van der Waals surface area contributed by atoms with Crippen molar-refractivity contribution in [3.05, 3.63) is 59.6 Å². The van der Waals surface area contributed by atoms with Gasteiger partial charge in [0.2, 0.25) is 0 Å². The van der Waals surface area contributed by atoms with Gasteiger partial charge in [-0.3, -0.25) is 9.59 Å². The molecule has 0 radical (unpaired) electrons. The van der Waals surface area contributed by atoms with Crippen LogP contribution in [0.2, 0.25) is 0 Å². The average molecular weight is 401 g/mol. The Hall–Kier alpha value is -2.38. The smallest absolute Gasteiger partial charge is 0.319 e. The van der Waals surface area contributed by atoms with Crippen molar-refractivity contribution in [2.45, 2.75) is 23.5 Å². The number of para-hydroxylation sites is 1. The summed E-state index contributed by atoms with van der Waals surface area (Å²) in [7, 11) is 0. The molecule has 3 rings (SSSR count). The van der Waals surface area contributed by atoms with Crippen LogP contribution in [0.3, 0.4) is 0 Å². The summed E-state index contributed by atoms with van der Waals surface area (Å²) in [6.45, 7) is 1.97. The maximum atomic E-state index is 12.0. The van der Waals surface area contributed by atoms with Crippen LogP contribution >= 0.6 is 23.1 Å². The molecule has 2 aromatic carbocycles. The van der Waals surface area contributed by atoms with Crippen LogP contribution in [-0.4, -0.2) is 35.3 Å². The fourth-order valence-electron chi connectivity index (χ4n) is 2.39. The molecule has 5 nitrogen and oxygen atoms in total. The number of amides is 1. The van der Waals surface area contributed by atoms with Crippen molar-refractivity contribution in [3.8, 4) is 0 Å². The molecule has 1 N–H and O–H groups in total. The predicted molar refractivity (Wildman–Crippen MR) is 109 cm³/mol. The number of ether oxygens (including phenoxy) is 1. The van der Waals surface area contributed by atoms with Crippen LogP contribution in [0, 0.1) is 0 Å². The molecule has 0 aliphatic heterocycles. The minimum Gasteiger partial charge on any atom is -0.455 e. The molecule has 0 fully saturated rings. The number of hydrogen-bond acceptors (Lipinski definition) is 6. The first kappa shape index (κ1) is 19.4. The lowest BCUT2D eigenvalue weighted by Crippen LogP contribution is -2.31. The van der Waals surface area contributed by atoms with Gasteiger partial charge in [0.15, 0.2) is 6.61 Å². The molecule has 140 valence electrons. The highest BCUT2D eigenvalue weighted by atomic mass is 32.2. The fraction of sp³-hybridized carbons (Fsp3) is 0.250. The van der Waals surface area contributed by atoms with Crippen molar-refractivity contribution in [1.82, 2.24) is 10.3 Å². The molecule has 0 aliphatic carbocycles. The van der Waals surface area contributed by atoms with Crippen LogP contribution in [0.15, 0.2) is 59.5 Å². The minimum atomic E-state index is -0.398. The van der Waals surface area contributed by atoms with E-state index in [9.17, 15) is 9.59 Å². The van der Waals surface area contributed by atoms with Gasteiger partial charge in [-0.2, -0.15) is 0 Å². The highest BCUT2D eigenvalue weighted by molar-refractivity contribution is 8.00. The molecule has 0 spiro atoms. The Morgan fingerprint density at radius 1 is 1.15 bits per heavy atom. The Kier molecular flexibility index (Phi) is 6.84. The minimum absolute atomic E-state index is 0.266. The zero-order valence-corrected chi connectivity index (χ0v) is 16.5. The molecular weight excluding hydrogens is 380 g/mol. The quantitative estimate of drug-likeness (QED) is 0.461. The summed E-state index contributed by atoms with van der Waals surface area (Å²) < 4.78 is 6.24. The van der Waals surface area contributed by atoms with Gasteiger partial charge in [-0.1, -0.05) is 30.3 Å².